The zero-order chi connectivity index (χ0) is 9.64. The molecule has 3 atom stereocenters. The fraction of sp³-hybridized carbons (Fsp3) is 0.778. The smallest absolute Gasteiger partial charge is 0.310 e. The third-order valence-corrected chi connectivity index (χ3v) is 3.61. The Hall–Kier alpha value is -0.480. The van der Waals surface area contributed by atoms with E-state index in [0.29, 0.717) is 25.2 Å². The van der Waals surface area contributed by atoms with Crippen molar-refractivity contribution in [2.45, 2.75) is 25.7 Å². The van der Waals surface area contributed by atoms with E-state index in [2.05, 4.69) is 0 Å². The first kappa shape index (κ1) is 14.5. The molecule has 4 nitrogen and oxygen atoms in total. The summed E-state index contributed by atoms with van der Waals surface area (Å²) in [5.74, 6) is -2.18. The number of rotatable bonds is 2. The molecule has 2 N–H and O–H groups in total. The number of carboxylic acid groups (broad SMARTS) is 2. The molecular weight excluding hydrogens is 243 g/mol. The van der Waals surface area contributed by atoms with Crippen molar-refractivity contribution >= 4 is 36.8 Å². The normalized spacial score (nSPS) is 36.5. The van der Waals surface area contributed by atoms with Crippen molar-refractivity contribution in [3.05, 3.63) is 0 Å². The summed E-state index contributed by atoms with van der Waals surface area (Å²) < 4.78 is 0. The molecule has 0 aromatic heterocycles. The lowest BCUT2D eigenvalue weighted by molar-refractivity contribution is -0.160. The predicted octanol–water partition coefficient (Wildman–Crippen LogP) is 1.81. The van der Waals surface area contributed by atoms with Crippen LogP contribution >= 0.6 is 24.8 Å². The summed E-state index contributed by atoms with van der Waals surface area (Å²) in [6.45, 7) is 0. The van der Waals surface area contributed by atoms with E-state index >= 15 is 0 Å². The second-order valence-electron chi connectivity index (χ2n) is 4.20. The second kappa shape index (κ2) is 4.58. The minimum Gasteiger partial charge on any atom is -0.481 e. The van der Waals surface area contributed by atoms with Crippen LogP contribution < -0.4 is 0 Å². The average molecular weight is 257 g/mol. The van der Waals surface area contributed by atoms with Crippen molar-refractivity contribution in [1.29, 1.82) is 0 Å². The van der Waals surface area contributed by atoms with Crippen LogP contribution in [0.4, 0.5) is 0 Å². The van der Waals surface area contributed by atoms with Gasteiger partial charge in [0.1, 0.15) is 0 Å². The topological polar surface area (TPSA) is 74.6 Å². The Morgan fingerprint density at radius 3 is 2.13 bits per heavy atom. The van der Waals surface area contributed by atoms with Crippen LogP contribution in [0.1, 0.15) is 25.7 Å². The van der Waals surface area contributed by atoms with Gasteiger partial charge in [-0.1, -0.05) is 0 Å². The SMILES string of the molecule is Cl.Cl.O=C(O)C1CC2CCC1(C(=O)O)C2. The highest BCUT2D eigenvalue weighted by Gasteiger charge is 2.59. The van der Waals surface area contributed by atoms with Crippen LogP contribution in [0.25, 0.3) is 0 Å². The molecule has 2 rings (SSSR count). The molecule has 15 heavy (non-hydrogen) atoms. The van der Waals surface area contributed by atoms with E-state index < -0.39 is 23.3 Å². The summed E-state index contributed by atoms with van der Waals surface area (Å²) in [6.07, 6.45) is 2.56. The van der Waals surface area contributed by atoms with Crippen molar-refractivity contribution in [1.82, 2.24) is 0 Å². The van der Waals surface area contributed by atoms with E-state index in [4.69, 9.17) is 10.2 Å². The van der Waals surface area contributed by atoms with Crippen LogP contribution in [0.5, 0.6) is 0 Å². The Bertz CT molecular complexity index is 281. The zero-order valence-corrected chi connectivity index (χ0v) is 9.64. The molecule has 2 saturated carbocycles. The van der Waals surface area contributed by atoms with Gasteiger partial charge in [0.25, 0.3) is 0 Å². The molecule has 0 spiro atoms. The van der Waals surface area contributed by atoms with Gasteiger partial charge in [0, 0.05) is 0 Å². The quantitative estimate of drug-likeness (QED) is 0.791. The van der Waals surface area contributed by atoms with Crippen LogP contribution in [-0.2, 0) is 9.59 Å². The van der Waals surface area contributed by atoms with Crippen molar-refractivity contribution in [3.63, 3.8) is 0 Å². The Morgan fingerprint density at radius 1 is 1.20 bits per heavy atom. The van der Waals surface area contributed by atoms with Gasteiger partial charge in [0.15, 0.2) is 0 Å². The van der Waals surface area contributed by atoms with E-state index in [1.165, 1.54) is 0 Å². The highest BCUT2D eigenvalue weighted by atomic mass is 35.5. The molecule has 2 fully saturated rings. The highest BCUT2D eigenvalue weighted by Crippen LogP contribution is 2.57. The zero-order valence-electron chi connectivity index (χ0n) is 8.01. The second-order valence-corrected chi connectivity index (χ2v) is 4.20. The van der Waals surface area contributed by atoms with Crippen molar-refractivity contribution in [2.75, 3.05) is 0 Å². The number of fused-ring (bicyclic) bond motifs is 2. The highest BCUT2D eigenvalue weighted by molar-refractivity contribution is 5.86. The van der Waals surface area contributed by atoms with Crippen LogP contribution in [0.3, 0.4) is 0 Å². The number of carbonyl (C=O) groups is 2. The van der Waals surface area contributed by atoms with Gasteiger partial charge < -0.3 is 10.2 Å². The first-order chi connectivity index (χ1) is 6.06. The van der Waals surface area contributed by atoms with E-state index in [-0.39, 0.29) is 24.8 Å². The first-order valence-electron chi connectivity index (χ1n) is 4.52. The summed E-state index contributed by atoms with van der Waals surface area (Å²) in [6, 6.07) is 0. The molecule has 6 heteroatoms. The van der Waals surface area contributed by atoms with Crippen molar-refractivity contribution in [2.24, 2.45) is 17.3 Å². The van der Waals surface area contributed by atoms with Gasteiger partial charge in [-0.15, -0.1) is 24.8 Å². The molecule has 2 bridgehead atoms. The van der Waals surface area contributed by atoms with Gasteiger partial charge in [-0.2, -0.15) is 0 Å². The van der Waals surface area contributed by atoms with E-state index in [0.717, 1.165) is 6.42 Å². The summed E-state index contributed by atoms with van der Waals surface area (Å²) in [4.78, 5) is 21.9. The summed E-state index contributed by atoms with van der Waals surface area (Å²) in [5.41, 5.74) is -0.934. The number of hydrogen-bond acceptors (Lipinski definition) is 2. The maximum atomic E-state index is 11.0. The van der Waals surface area contributed by atoms with E-state index in [9.17, 15) is 9.59 Å². The third kappa shape index (κ3) is 1.93. The lowest BCUT2D eigenvalue weighted by Gasteiger charge is -2.27. The minimum atomic E-state index is -0.940. The number of carboxylic acids is 2. The van der Waals surface area contributed by atoms with Crippen LogP contribution in [0, 0.1) is 17.3 Å². The third-order valence-electron chi connectivity index (χ3n) is 3.61. The van der Waals surface area contributed by atoms with Gasteiger partial charge in [-0.25, -0.2) is 0 Å². The Balaban J connectivity index is 0.000000980. The van der Waals surface area contributed by atoms with Crippen LogP contribution in [-0.4, -0.2) is 22.2 Å². The molecule has 0 aromatic carbocycles. The number of aliphatic carboxylic acids is 2. The standard InChI is InChI=1S/C9H12O4.2ClH/c10-7(11)6-3-5-1-2-9(6,4-5)8(12)13;;/h5-6H,1-4H2,(H,10,11)(H,12,13);2*1H. The van der Waals surface area contributed by atoms with Gasteiger partial charge in [-0.3, -0.25) is 9.59 Å². The monoisotopic (exact) mass is 256 g/mol. The molecule has 0 radical (unpaired) electrons. The molecule has 0 saturated heterocycles. The van der Waals surface area contributed by atoms with E-state index in [1.54, 1.807) is 0 Å². The van der Waals surface area contributed by atoms with Gasteiger partial charge in [-0.05, 0) is 31.6 Å². The van der Waals surface area contributed by atoms with Crippen LogP contribution in [0.2, 0.25) is 0 Å². The Kier molecular flexibility index (Phi) is 4.43. The summed E-state index contributed by atoms with van der Waals surface area (Å²) in [7, 11) is 0. The Labute approximate surface area is 99.9 Å². The lowest BCUT2D eigenvalue weighted by Crippen LogP contribution is -2.38. The molecule has 0 heterocycles. The molecule has 3 unspecified atom stereocenters. The average Bonchev–Trinajstić information content (AvgIpc) is 2.60. The number of halogens is 2. The fourth-order valence-corrected chi connectivity index (χ4v) is 2.94. The summed E-state index contributed by atoms with van der Waals surface area (Å²) >= 11 is 0. The molecule has 88 valence electrons. The first-order valence-corrected chi connectivity index (χ1v) is 4.52. The fourth-order valence-electron chi connectivity index (χ4n) is 2.94. The molecule has 0 aliphatic heterocycles. The maximum absolute atomic E-state index is 11.0. The summed E-state index contributed by atoms with van der Waals surface area (Å²) in [5, 5.41) is 17.9. The molecular formula is C9H14Cl2O4. The van der Waals surface area contributed by atoms with Gasteiger partial charge in [0.05, 0.1) is 11.3 Å². The lowest BCUT2D eigenvalue weighted by atomic mass is 9.75. The molecule has 0 amide bonds. The molecule has 2 aliphatic rings. The largest absolute Gasteiger partial charge is 0.481 e. The maximum Gasteiger partial charge on any atom is 0.310 e. The Morgan fingerprint density at radius 2 is 1.80 bits per heavy atom. The van der Waals surface area contributed by atoms with Crippen LogP contribution in [0.15, 0.2) is 0 Å². The molecule has 2 aliphatic carbocycles. The van der Waals surface area contributed by atoms with E-state index in [1.807, 2.05) is 0 Å². The van der Waals surface area contributed by atoms with Crippen molar-refractivity contribution in [3.8, 4) is 0 Å². The van der Waals surface area contributed by atoms with Crippen molar-refractivity contribution < 1.29 is 19.8 Å². The predicted molar refractivity (Wildman–Crippen MR) is 57.6 cm³/mol. The number of hydrogen-bond donors (Lipinski definition) is 2. The molecule has 0 aromatic rings. The van der Waals surface area contributed by atoms with Gasteiger partial charge >= 0.3 is 11.9 Å². The van der Waals surface area contributed by atoms with Gasteiger partial charge in [0.2, 0.25) is 0 Å². The minimum absolute atomic E-state index is 0.